The molecule has 0 fully saturated rings. The van der Waals surface area contributed by atoms with Crippen molar-refractivity contribution in [1.29, 1.82) is 0 Å². The van der Waals surface area contributed by atoms with E-state index in [9.17, 15) is 4.79 Å². The number of amides is 2. The molecule has 0 unspecified atom stereocenters. The van der Waals surface area contributed by atoms with Crippen LogP contribution in [0.1, 0.15) is 11.1 Å². The normalized spacial score (nSPS) is 10.2. The Kier molecular flexibility index (Phi) is 4.15. The Hall–Kier alpha value is -2.20. The number of aryl methyl sites for hydroxylation is 2. The molecule has 0 bridgehead atoms. The molecule has 20 heavy (non-hydrogen) atoms. The van der Waals surface area contributed by atoms with E-state index in [2.05, 4.69) is 10.6 Å². The second-order valence-electron chi connectivity index (χ2n) is 4.61. The summed E-state index contributed by atoms with van der Waals surface area (Å²) >= 11 is 5.79. The number of hydrogen-bond acceptors (Lipinski definition) is 2. The molecular weight excluding hydrogens is 274 g/mol. The number of nitrogens with one attached hydrogen (secondary N) is 2. The average molecular weight is 290 g/mol. The number of carbonyl (C=O) groups excluding carboxylic acids is 1. The summed E-state index contributed by atoms with van der Waals surface area (Å²) in [6, 6.07) is 10.2. The number of carbonyl (C=O) groups is 1. The molecule has 0 aliphatic carbocycles. The van der Waals surface area contributed by atoms with Crippen LogP contribution >= 0.6 is 11.6 Å². The summed E-state index contributed by atoms with van der Waals surface area (Å²) in [6.07, 6.45) is 0. The Morgan fingerprint density at radius 3 is 2.30 bits per heavy atom. The molecular formula is C15H16ClN3O. The fourth-order valence-electron chi connectivity index (χ4n) is 1.76. The predicted molar refractivity (Wildman–Crippen MR) is 84.4 cm³/mol. The van der Waals surface area contributed by atoms with Gasteiger partial charge in [0.05, 0.1) is 11.4 Å². The van der Waals surface area contributed by atoms with Gasteiger partial charge < -0.3 is 16.4 Å². The molecule has 0 spiro atoms. The van der Waals surface area contributed by atoms with Crippen LogP contribution in [0, 0.1) is 13.8 Å². The highest BCUT2D eigenvalue weighted by Gasteiger charge is 2.07. The topological polar surface area (TPSA) is 67.1 Å². The molecule has 0 atom stereocenters. The lowest BCUT2D eigenvalue weighted by Gasteiger charge is -2.12. The Morgan fingerprint density at radius 2 is 1.65 bits per heavy atom. The van der Waals surface area contributed by atoms with Crippen molar-refractivity contribution >= 4 is 34.7 Å². The van der Waals surface area contributed by atoms with Crippen molar-refractivity contribution in [3.8, 4) is 0 Å². The third kappa shape index (κ3) is 3.42. The molecule has 0 saturated heterocycles. The first-order valence-electron chi connectivity index (χ1n) is 6.16. The van der Waals surface area contributed by atoms with Gasteiger partial charge in [-0.15, -0.1) is 0 Å². The lowest BCUT2D eigenvalue weighted by atomic mass is 10.1. The summed E-state index contributed by atoms with van der Waals surface area (Å²) in [6.45, 7) is 3.94. The number of hydrogen-bond donors (Lipinski definition) is 3. The fourth-order valence-corrected chi connectivity index (χ4v) is 1.89. The van der Waals surface area contributed by atoms with Gasteiger partial charge in [0, 0.05) is 10.7 Å². The molecule has 2 aromatic carbocycles. The minimum absolute atomic E-state index is 0.345. The maximum Gasteiger partial charge on any atom is 0.323 e. The highest BCUT2D eigenvalue weighted by atomic mass is 35.5. The monoisotopic (exact) mass is 289 g/mol. The largest absolute Gasteiger partial charge is 0.397 e. The van der Waals surface area contributed by atoms with Crippen LogP contribution in [0.15, 0.2) is 36.4 Å². The van der Waals surface area contributed by atoms with Gasteiger partial charge in [-0.2, -0.15) is 0 Å². The number of anilines is 3. The molecule has 5 heteroatoms. The van der Waals surface area contributed by atoms with E-state index in [4.69, 9.17) is 17.3 Å². The van der Waals surface area contributed by atoms with Gasteiger partial charge in [-0.3, -0.25) is 0 Å². The van der Waals surface area contributed by atoms with E-state index >= 15 is 0 Å². The molecule has 2 rings (SSSR count). The van der Waals surface area contributed by atoms with Crippen molar-refractivity contribution in [2.24, 2.45) is 0 Å². The standard InChI is InChI=1S/C15H16ClN3O/c1-9-7-13(17)14(8-10(9)2)19-15(20)18-12-5-3-11(16)4-6-12/h3-8H,17H2,1-2H3,(H2,18,19,20). The van der Waals surface area contributed by atoms with E-state index < -0.39 is 0 Å². The van der Waals surface area contributed by atoms with E-state index in [1.807, 2.05) is 26.0 Å². The first kappa shape index (κ1) is 14.2. The number of halogens is 1. The summed E-state index contributed by atoms with van der Waals surface area (Å²) in [5, 5.41) is 6.07. The summed E-state index contributed by atoms with van der Waals surface area (Å²) < 4.78 is 0. The SMILES string of the molecule is Cc1cc(N)c(NC(=O)Nc2ccc(Cl)cc2)cc1C. The van der Waals surface area contributed by atoms with Gasteiger partial charge in [0.25, 0.3) is 0 Å². The summed E-state index contributed by atoms with van der Waals surface area (Å²) in [5.74, 6) is 0. The van der Waals surface area contributed by atoms with E-state index in [0.29, 0.717) is 22.1 Å². The molecule has 104 valence electrons. The van der Waals surface area contributed by atoms with Gasteiger partial charge in [-0.25, -0.2) is 4.79 Å². The minimum atomic E-state index is -0.345. The average Bonchev–Trinajstić information content (AvgIpc) is 2.39. The van der Waals surface area contributed by atoms with E-state index in [-0.39, 0.29) is 6.03 Å². The second kappa shape index (κ2) is 5.84. The summed E-state index contributed by atoms with van der Waals surface area (Å²) in [5.41, 5.74) is 9.85. The zero-order chi connectivity index (χ0) is 14.7. The Balaban J connectivity index is 2.08. The van der Waals surface area contributed by atoms with Gasteiger partial charge >= 0.3 is 6.03 Å². The van der Waals surface area contributed by atoms with Gasteiger partial charge in [-0.05, 0) is 61.4 Å². The van der Waals surface area contributed by atoms with Gasteiger partial charge in [0.15, 0.2) is 0 Å². The van der Waals surface area contributed by atoms with E-state index in [1.165, 1.54) is 0 Å². The van der Waals surface area contributed by atoms with Crippen LogP contribution in [0.5, 0.6) is 0 Å². The molecule has 0 aliphatic heterocycles. The van der Waals surface area contributed by atoms with Crippen molar-refractivity contribution in [3.63, 3.8) is 0 Å². The van der Waals surface area contributed by atoms with Crippen LogP contribution in [0.25, 0.3) is 0 Å². The molecule has 4 N–H and O–H groups in total. The highest BCUT2D eigenvalue weighted by Crippen LogP contribution is 2.23. The summed E-state index contributed by atoms with van der Waals surface area (Å²) in [7, 11) is 0. The molecule has 0 aromatic heterocycles. The maximum atomic E-state index is 11.9. The Bertz CT molecular complexity index is 638. The zero-order valence-electron chi connectivity index (χ0n) is 11.3. The summed E-state index contributed by atoms with van der Waals surface area (Å²) in [4.78, 5) is 11.9. The third-order valence-electron chi connectivity index (χ3n) is 3.02. The van der Waals surface area contributed by atoms with Gasteiger partial charge in [0.1, 0.15) is 0 Å². The quantitative estimate of drug-likeness (QED) is 0.726. The van der Waals surface area contributed by atoms with E-state index in [1.54, 1.807) is 24.3 Å². The molecule has 2 aromatic rings. The zero-order valence-corrected chi connectivity index (χ0v) is 12.1. The molecule has 4 nitrogen and oxygen atoms in total. The van der Waals surface area contributed by atoms with Crippen molar-refractivity contribution in [3.05, 3.63) is 52.5 Å². The molecule has 0 heterocycles. The third-order valence-corrected chi connectivity index (χ3v) is 3.27. The van der Waals surface area contributed by atoms with Crippen molar-refractivity contribution in [2.75, 3.05) is 16.4 Å². The lowest BCUT2D eigenvalue weighted by molar-refractivity contribution is 0.262. The first-order valence-corrected chi connectivity index (χ1v) is 6.54. The fraction of sp³-hybridized carbons (Fsp3) is 0.133. The number of nitrogens with two attached hydrogens (primary N) is 1. The van der Waals surface area contributed by atoms with Crippen molar-refractivity contribution < 1.29 is 4.79 Å². The van der Waals surface area contributed by atoms with Crippen LogP contribution in [0.3, 0.4) is 0 Å². The first-order chi connectivity index (χ1) is 9.45. The van der Waals surface area contributed by atoms with Crippen LogP contribution in [0.4, 0.5) is 21.9 Å². The number of nitrogen functional groups attached to an aromatic ring is 1. The number of urea groups is 1. The van der Waals surface area contributed by atoms with Crippen molar-refractivity contribution in [1.82, 2.24) is 0 Å². The molecule has 0 radical (unpaired) electrons. The van der Waals surface area contributed by atoms with E-state index in [0.717, 1.165) is 11.1 Å². The number of rotatable bonds is 2. The number of benzene rings is 2. The van der Waals surface area contributed by atoms with Crippen LogP contribution in [-0.4, -0.2) is 6.03 Å². The Morgan fingerprint density at radius 1 is 1.05 bits per heavy atom. The Labute approximate surface area is 122 Å². The lowest BCUT2D eigenvalue weighted by Crippen LogP contribution is -2.20. The van der Waals surface area contributed by atoms with Crippen LogP contribution in [-0.2, 0) is 0 Å². The van der Waals surface area contributed by atoms with Crippen molar-refractivity contribution in [2.45, 2.75) is 13.8 Å². The minimum Gasteiger partial charge on any atom is -0.397 e. The molecule has 2 amide bonds. The second-order valence-corrected chi connectivity index (χ2v) is 5.05. The van der Waals surface area contributed by atoms with Crippen LogP contribution in [0.2, 0.25) is 5.02 Å². The van der Waals surface area contributed by atoms with Gasteiger partial charge in [-0.1, -0.05) is 11.6 Å². The van der Waals surface area contributed by atoms with Gasteiger partial charge in [0.2, 0.25) is 0 Å². The molecule has 0 saturated carbocycles. The van der Waals surface area contributed by atoms with Crippen LogP contribution < -0.4 is 16.4 Å². The highest BCUT2D eigenvalue weighted by molar-refractivity contribution is 6.30. The molecule has 0 aliphatic rings. The smallest absolute Gasteiger partial charge is 0.323 e. The maximum absolute atomic E-state index is 11.9. The predicted octanol–water partition coefficient (Wildman–Crippen LogP) is 4.18.